The van der Waals surface area contributed by atoms with Gasteiger partial charge in [0.05, 0.1) is 5.56 Å². The van der Waals surface area contributed by atoms with Gasteiger partial charge in [-0.25, -0.2) is 4.39 Å². The number of para-hydroxylation sites is 1. The van der Waals surface area contributed by atoms with Crippen LogP contribution in [0.1, 0.15) is 15.9 Å². The van der Waals surface area contributed by atoms with Gasteiger partial charge in [-0.3, -0.25) is 4.79 Å². The van der Waals surface area contributed by atoms with Gasteiger partial charge in [0, 0.05) is 6.54 Å². The first-order chi connectivity index (χ1) is 10.6. The van der Waals surface area contributed by atoms with Crippen LogP contribution < -0.4 is 10.1 Å². The van der Waals surface area contributed by atoms with Gasteiger partial charge in [-0.1, -0.05) is 30.3 Å². The molecule has 0 saturated heterocycles. The summed E-state index contributed by atoms with van der Waals surface area (Å²) in [6.07, 6.45) is -0.879. The molecule has 1 atom stereocenters. The number of rotatable bonds is 6. The minimum absolute atomic E-state index is 0.0148. The van der Waals surface area contributed by atoms with Crippen molar-refractivity contribution in [3.05, 3.63) is 65.5 Å². The average molecular weight is 303 g/mol. The molecule has 2 N–H and O–H groups in total. The van der Waals surface area contributed by atoms with Crippen LogP contribution in [-0.2, 0) is 0 Å². The molecular weight excluding hydrogens is 285 g/mol. The largest absolute Gasteiger partial charge is 0.491 e. The van der Waals surface area contributed by atoms with Gasteiger partial charge in [0.15, 0.2) is 0 Å². The predicted molar refractivity (Wildman–Crippen MR) is 81.4 cm³/mol. The Labute approximate surface area is 128 Å². The average Bonchev–Trinajstić information content (AvgIpc) is 2.52. The van der Waals surface area contributed by atoms with Crippen LogP contribution in [0.2, 0.25) is 0 Å². The molecule has 0 saturated carbocycles. The van der Waals surface area contributed by atoms with Crippen molar-refractivity contribution in [3.8, 4) is 5.75 Å². The van der Waals surface area contributed by atoms with Crippen LogP contribution in [-0.4, -0.2) is 30.3 Å². The number of hydrogen-bond donors (Lipinski definition) is 2. The monoisotopic (exact) mass is 303 g/mol. The minimum atomic E-state index is -0.879. The second-order valence-electron chi connectivity index (χ2n) is 4.92. The van der Waals surface area contributed by atoms with Crippen molar-refractivity contribution >= 4 is 5.91 Å². The van der Waals surface area contributed by atoms with Crippen molar-refractivity contribution in [3.63, 3.8) is 0 Å². The summed E-state index contributed by atoms with van der Waals surface area (Å²) in [5.41, 5.74) is 0.916. The molecule has 0 aliphatic carbocycles. The van der Waals surface area contributed by atoms with Crippen LogP contribution in [0.25, 0.3) is 0 Å². The number of carbonyl (C=O) groups is 1. The third-order valence-electron chi connectivity index (χ3n) is 3.14. The normalized spacial score (nSPS) is 11.8. The summed E-state index contributed by atoms with van der Waals surface area (Å²) in [5, 5.41) is 12.3. The Balaban J connectivity index is 1.81. The zero-order chi connectivity index (χ0) is 15.9. The summed E-state index contributed by atoms with van der Waals surface area (Å²) in [6.45, 7) is 1.93. The van der Waals surface area contributed by atoms with Gasteiger partial charge >= 0.3 is 0 Å². The van der Waals surface area contributed by atoms with Crippen molar-refractivity contribution in [1.82, 2.24) is 5.32 Å². The number of carbonyl (C=O) groups excluding carboxylic acids is 1. The molecule has 5 heteroatoms. The molecule has 22 heavy (non-hydrogen) atoms. The van der Waals surface area contributed by atoms with Gasteiger partial charge in [0.1, 0.15) is 24.3 Å². The van der Waals surface area contributed by atoms with E-state index in [1.54, 1.807) is 12.1 Å². The van der Waals surface area contributed by atoms with E-state index in [9.17, 15) is 14.3 Å². The number of amides is 1. The van der Waals surface area contributed by atoms with Gasteiger partial charge < -0.3 is 15.2 Å². The Hall–Kier alpha value is -2.40. The lowest BCUT2D eigenvalue weighted by molar-refractivity contribution is 0.0839. The van der Waals surface area contributed by atoms with Gasteiger partial charge in [0.2, 0.25) is 0 Å². The summed E-state index contributed by atoms with van der Waals surface area (Å²) < 4.78 is 18.9. The van der Waals surface area contributed by atoms with E-state index in [4.69, 9.17) is 4.74 Å². The van der Waals surface area contributed by atoms with Gasteiger partial charge in [-0.05, 0) is 30.7 Å². The standard InChI is InChI=1S/C17H18FNO3/c1-12-6-2-5-9-16(12)22-11-13(20)10-19-17(21)14-7-3-4-8-15(14)18/h2-9,13,20H,10-11H2,1H3,(H,19,21). The van der Waals surface area contributed by atoms with Crippen molar-refractivity contribution < 1.29 is 19.0 Å². The van der Waals surface area contributed by atoms with E-state index >= 15 is 0 Å². The number of ether oxygens (including phenoxy) is 1. The fourth-order valence-corrected chi connectivity index (χ4v) is 1.91. The van der Waals surface area contributed by atoms with Crippen LogP contribution >= 0.6 is 0 Å². The van der Waals surface area contributed by atoms with Crippen molar-refractivity contribution in [2.45, 2.75) is 13.0 Å². The maximum Gasteiger partial charge on any atom is 0.254 e. The summed E-state index contributed by atoms with van der Waals surface area (Å²) in [7, 11) is 0. The number of aliphatic hydroxyl groups excluding tert-OH is 1. The first-order valence-electron chi connectivity index (χ1n) is 6.97. The fraction of sp³-hybridized carbons (Fsp3) is 0.235. The van der Waals surface area contributed by atoms with Crippen molar-refractivity contribution in [2.75, 3.05) is 13.2 Å². The summed E-state index contributed by atoms with van der Waals surface area (Å²) in [5.74, 6) is -0.472. The SMILES string of the molecule is Cc1ccccc1OCC(O)CNC(=O)c1ccccc1F. The molecule has 0 aliphatic rings. The number of benzene rings is 2. The van der Waals surface area contributed by atoms with Gasteiger partial charge in [-0.15, -0.1) is 0 Å². The molecule has 2 rings (SSSR count). The number of aryl methyl sites for hydroxylation is 1. The third-order valence-corrected chi connectivity index (χ3v) is 3.14. The molecule has 2 aromatic rings. The number of hydrogen-bond acceptors (Lipinski definition) is 3. The summed E-state index contributed by atoms with van der Waals surface area (Å²) in [4.78, 5) is 11.8. The van der Waals surface area contributed by atoms with Crippen molar-refractivity contribution in [2.24, 2.45) is 0 Å². The zero-order valence-corrected chi connectivity index (χ0v) is 12.3. The molecule has 0 fully saturated rings. The Kier molecular flexibility index (Phi) is 5.49. The molecule has 0 aromatic heterocycles. The first kappa shape index (κ1) is 16.0. The predicted octanol–water partition coefficient (Wildman–Crippen LogP) is 2.30. The van der Waals surface area contributed by atoms with Gasteiger partial charge in [-0.2, -0.15) is 0 Å². The molecule has 116 valence electrons. The maximum absolute atomic E-state index is 13.4. The third kappa shape index (κ3) is 4.30. The molecule has 0 radical (unpaired) electrons. The number of nitrogens with one attached hydrogen (secondary N) is 1. The highest BCUT2D eigenvalue weighted by Crippen LogP contribution is 2.16. The van der Waals surface area contributed by atoms with E-state index in [2.05, 4.69) is 5.32 Å². The van der Waals surface area contributed by atoms with Crippen LogP contribution in [0.15, 0.2) is 48.5 Å². The fourth-order valence-electron chi connectivity index (χ4n) is 1.91. The highest BCUT2D eigenvalue weighted by atomic mass is 19.1. The van der Waals surface area contributed by atoms with E-state index in [-0.39, 0.29) is 18.7 Å². The molecule has 1 unspecified atom stereocenters. The lowest BCUT2D eigenvalue weighted by Gasteiger charge is -2.14. The highest BCUT2D eigenvalue weighted by Gasteiger charge is 2.13. The van der Waals surface area contributed by atoms with E-state index in [0.717, 1.165) is 5.56 Å². The molecule has 0 bridgehead atoms. The molecule has 2 aromatic carbocycles. The van der Waals surface area contributed by atoms with Crippen molar-refractivity contribution in [1.29, 1.82) is 0 Å². The van der Waals surface area contributed by atoms with Crippen LogP contribution in [0.3, 0.4) is 0 Å². The molecule has 0 heterocycles. The van der Waals surface area contributed by atoms with Gasteiger partial charge in [0.25, 0.3) is 5.91 Å². The molecule has 4 nitrogen and oxygen atoms in total. The smallest absolute Gasteiger partial charge is 0.254 e. The number of aliphatic hydroxyl groups is 1. The van der Waals surface area contributed by atoms with E-state index in [1.165, 1.54) is 18.2 Å². The second kappa shape index (κ2) is 7.56. The quantitative estimate of drug-likeness (QED) is 0.861. The molecule has 0 spiro atoms. The topological polar surface area (TPSA) is 58.6 Å². The summed E-state index contributed by atoms with van der Waals surface area (Å²) in [6, 6.07) is 13.1. The Morgan fingerprint density at radius 1 is 1.23 bits per heavy atom. The lowest BCUT2D eigenvalue weighted by atomic mass is 10.2. The molecule has 1 amide bonds. The number of halogens is 1. The Morgan fingerprint density at radius 3 is 2.64 bits per heavy atom. The first-order valence-corrected chi connectivity index (χ1v) is 6.97. The Morgan fingerprint density at radius 2 is 1.91 bits per heavy atom. The Bertz CT molecular complexity index is 645. The van der Waals surface area contributed by atoms with E-state index in [0.29, 0.717) is 5.75 Å². The van der Waals surface area contributed by atoms with E-state index in [1.807, 2.05) is 25.1 Å². The lowest BCUT2D eigenvalue weighted by Crippen LogP contribution is -2.35. The molecular formula is C17H18FNO3. The van der Waals surface area contributed by atoms with Crippen LogP contribution in [0.5, 0.6) is 5.75 Å². The minimum Gasteiger partial charge on any atom is -0.491 e. The second-order valence-corrected chi connectivity index (χ2v) is 4.92. The zero-order valence-electron chi connectivity index (χ0n) is 12.3. The van der Waals surface area contributed by atoms with Crippen LogP contribution in [0.4, 0.5) is 4.39 Å². The molecule has 0 aliphatic heterocycles. The van der Waals surface area contributed by atoms with E-state index < -0.39 is 17.8 Å². The highest BCUT2D eigenvalue weighted by molar-refractivity contribution is 5.94. The van der Waals surface area contributed by atoms with Crippen LogP contribution in [0, 0.1) is 12.7 Å². The summed E-state index contributed by atoms with van der Waals surface area (Å²) >= 11 is 0. The maximum atomic E-state index is 13.4.